The molecule has 1 atom stereocenters. The van der Waals surface area contributed by atoms with Crippen molar-refractivity contribution in [2.45, 2.75) is 19.4 Å². The molecule has 0 aliphatic carbocycles. The van der Waals surface area contributed by atoms with E-state index in [9.17, 15) is 14.0 Å². The molecule has 27 heavy (non-hydrogen) atoms. The Labute approximate surface area is 155 Å². The van der Waals surface area contributed by atoms with Crippen molar-refractivity contribution in [1.29, 1.82) is 0 Å². The van der Waals surface area contributed by atoms with E-state index in [0.29, 0.717) is 35.4 Å². The summed E-state index contributed by atoms with van der Waals surface area (Å²) in [6.07, 6.45) is 0.221. The van der Waals surface area contributed by atoms with Crippen molar-refractivity contribution in [1.82, 2.24) is 5.32 Å². The zero-order valence-electron chi connectivity index (χ0n) is 15.0. The van der Waals surface area contributed by atoms with Crippen molar-refractivity contribution in [3.8, 4) is 16.9 Å². The van der Waals surface area contributed by atoms with Gasteiger partial charge >= 0.3 is 0 Å². The third kappa shape index (κ3) is 4.31. The molecule has 0 spiro atoms. The van der Waals surface area contributed by atoms with Crippen LogP contribution in [0.1, 0.15) is 18.9 Å². The number of hydrogen-bond acceptors (Lipinski definition) is 5. The predicted octanol–water partition coefficient (Wildman–Crippen LogP) is 2.49. The molecule has 2 aromatic rings. The first-order valence-electron chi connectivity index (χ1n) is 8.43. The molecule has 0 fully saturated rings. The van der Waals surface area contributed by atoms with Crippen LogP contribution in [0.3, 0.4) is 0 Å². The number of rotatable bonds is 5. The van der Waals surface area contributed by atoms with Gasteiger partial charge in [-0.05, 0) is 23.8 Å². The Morgan fingerprint density at radius 2 is 2.00 bits per heavy atom. The van der Waals surface area contributed by atoms with E-state index in [4.69, 9.17) is 9.57 Å². The van der Waals surface area contributed by atoms with Crippen molar-refractivity contribution in [2.75, 3.05) is 13.7 Å². The number of carbonyl (C=O) groups is 1. The normalized spacial score (nSPS) is 15.7. The van der Waals surface area contributed by atoms with E-state index < -0.39 is 5.82 Å². The second kappa shape index (κ2) is 7.99. The lowest BCUT2D eigenvalue weighted by Crippen LogP contribution is -2.30. The largest absolute Gasteiger partial charge is 0.493 e. The SMILES string of the molecule is COc1ccc(-c2ccc(C3=NOC(CNC(C)=O)C3)cc2F)ccc1=O. The average molecular weight is 370 g/mol. The van der Waals surface area contributed by atoms with Gasteiger partial charge in [0.2, 0.25) is 11.3 Å². The summed E-state index contributed by atoms with van der Waals surface area (Å²) in [7, 11) is 1.41. The summed E-state index contributed by atoms with van der Waals surface area (Å²) in [5.41, 5.74) is 1.89. The number of carbonyl (C=O) groups excluding carboxylic acids is 1. The fourth-order valence-corrected chi connectivity index (χ4v) is 2.79. The van der Waals surface area contributed by atoms with E-state index in [1.807, 2.05) is 0 Å². The van der Waals surface area contributed by atoms with Crippen LogP contribution >= 0.6 is 0 Å². The zero-order chi connectivity index (χ0) is 19.4. The number of methoxy groups -OCH3 is 1. The smallest absolute Gasteiger partial charge is 0.220 e. The van der Waals surface area contributed by atoms with Crippen LogP contribution in [-0.4, -0.2) is 31.4 Å². The van der Waals surface area contributed by atoms with Gasteiger partial charge in [0, 0.05) is 24.5 Å². The van der Waals surface area contributed by atoms with Gasteiger partial charge in [0.1, 0.15) is 11.9 Å². The number of benzene rings is 1. The minimum absolute atomic E-state index is 0.142. The lowest BCUT2D eigenvalue weighted by molar-refractivity contribution is -0.119. The number of nitrogens with zero attached hydrogens (tertiary/aromatic N) is 1. The van der Waals surface area contributed by atoms with Crippen LogP contribution in [0.15, 0.2) is 52.4 Å². The molecule has 140 valence electrons. The highest BCUT2D eigenvalue weighted by Crippen LogP contribution is 2.25. The Bertz CT molecular complexity index is 959. The maximum absolute atomic E-state index is 14.7. The predicted molar refractivity (Wildman–Crippen MR) is 99.4 cm³/mol. The Kier molecular flexibility index (Phi) is 5.49. The zero-order valence-corrected chi connectivity index (χ0v) is 15.0. The van der Waals surface area contributed by atoms with Crippen molar-refractivity contribution >= 4 is 11.6 Å². The van der Waals surface area contributed by atoms with Crippen LogP contribution < -0.4 is 15.5 Å². The molecule has 7 heteroatoms. The Morgan fingerprint density at radius 1 is 1.26 bits per heavy atom. The standard InChI is InChI=1S/C20H19FN2O4/c1-12(24)22-11-15-10-18(23-27-15)14-3-6-16(17(21)9-14)13-4-7-19(25)20(26-2)8-5-13/h3-9,15H,10-11H2,1-2H3,(H,22,24). The summed E-state index contributed by atoms with van der Waals surface area (Å²) >= 11 is 0. The lowest BCUT2D eigenvalue weighted by Gasteiger charge is -2.08. The van der Waals surface area contributed by atoms with Gasteiger partial charge < -0.3 is 14.9 Å². The van der Waals surface area contributed by atoms with E-state index in [1.54, 1.807) is 24.3 Å². The van der Waals surface area contributed by atoms with Crippen LogP contribution in [0.25, 0.3) is 11.1 Å². The van der Waals surface area contributed by atoms with Crippen molar-refractivity contribution < 1.29 is 18.8 Å². The van der Waals surface area contributed by atoms with E-state index in [0.717, 1.165) is 0 Å². The fourth-order valence-electron chi connectivity index (χ4n) is 2.79. The van der Waals surface area contributed by atoms with E-state index in [1.165, 1.54) is 32.2 Å². The minimum Gasteiger partial charge on any atom is -0.493 e. The van der Waals surface area contributed by atoms with Gasteiger partial charge in [0.05, 0.1) is 19.4 Å². The van der Waals surface area contributed by atoms with E-state index in [2.05, 4.69) is 10.5 Å². The second-order valence-corrected chi connectivity index (χ2v) is 6.16. The molecule has 1 unspecified atom stereocenters. The number of oxime groups is 1. The highest BCUT2D eigenvalue weighted by molar-refractivity contribution is 6.01. The molecule has 0 saturated carbocycles. The van der Waals surface area contributed by atoms with Gasteiger partial charge in [0.25, 0.3) is 0 Å². The molecule has 0 bridgehead atoms. The van der Waals surface area contributed by atoms with Crippen molar-refractivity contribution in [3.63, 3.8) is 0 Å². The van der Waals surface area contributed by atoms with Gasteiger partial charge in [-0.3, -0.25) is 9.59 Å². The van der Waals surface area contributed by atoms with Gasteiger partial charge in [-0.25, -0.2) is 4.39 Å². The van der Waals surface area contributed by atoms with Gasteiger partial charge in [-0.1, -0.05) is 29.4 Å². The quantitative estimate of drug-likeness (QED) is 0.877. The van der Waals surface area contributed by atoms with Crippen LogP contribution in [0.2, 0.25) is 0 Å². The maximum atomic E-state index is 14.7. The summed E-state index contributed by atoms with van der Waals surface area (Å²) in [6, 6.07) is 10.8. The fraction of sp³-hybridized carbons (Fsp3) is 0.250. The van der Waals surface area contributed by atoms with Gasteiger partial charge in [0.15, 0.2) is 5.75 Å². The van der Waals surface area contributed by atoms with E-state index >= 15 is 0 Å². The van der Waals surface area contributed by atoms with Crippen LogP contribution in [0.4, 0.5) is 4.39 Å². The highest BCUT2D eigenvalue weighted by Gasteiger charge is 2.23. The summed E-state index contributed by atoms with van der Waals surface area (Å²) in [6.45, 7) is 1.78. The summed E-state index contributed by atoms with van der Waals surface area (Å²) in [5, 5.41) is 6.67. The third-order valence-corrected chi connectivity index (χ3v) is 4.22. The number of halogens is 1. The molecule has 2 aromatic carbocycles. The number of hydrogen-bond donors (Lipinski definition) is 1. The molecule has 6 nitrogen and oxygen atoms in total. The molecule has 1 heterocycles. The molecular formula is C20H19FN2O4. The van der Waals surface area contributed by atoms with Crippen LogP contribution in [-0.2, 0) is 9.63 Å². The number of amides is 1. The monoisotopic (exact) mass is 370 g/mol. The van der Waals surface area contributed by atoms with Crippen molar-refractivity contribution in [3.05, 3.63) is 64.1 Å². The lowest BCUT2D eigenvalue weighted by atomic mass is 10.00. The molecule has 0 aromatic heterocycles. The van der Waals surface area contributed by atoms with E-state index in [-0.39, 0.29) is 23.2 Å². The maximum Gasteiger partial charge on any atom is 0.220 e. The molecule has 1 aliphatic rings. The molecular weight excluding hydrogens is 351 g/mol. The topological polar surface area (TPSA) is 77.0 Å². The Hall–Kier alpha value is -3.22. The Morgan fingerprint density at radius 3 is 2.70 bits per heavy atom. The molecule has 1 amide bonds. The van der Waals surface area contributed by atoms with Crippen molar-refractivity contribution in [2.24, 2.45) is 5.16 Å². The molecule has 0 saturated heterocycles. The van der Waals surface area contributed by atoms with Crippen LogP contribution in [0.5, 0.6) is 5.75 Å². The first-order valence-corrected chi connectivity index (χ1v) is 8.43. The molecule has 1 aliphatic heterocycles. The number of nitrogens with one attached hydrogen (secondary N) is 1. The average Bonchev–Trinajstić information content (AvgIpc) is 3.04. The number of ether oxygens (including phenoxy) is 1. The van der Waals surface area contributed by atoms with Gasteiger partial charge in [-0.2, -0.15) is 0 Å². The summed E-state index contributed by atoms with van der Waals surface area (Å²) in [4.78, 5) is 28.0. The molecule has 0 radical (unpaired) electrons. The third-order valence-electron chi connectivity index (χ3n) is 4.22. The second-order valence-electron chi connectivity index (χ2n) is 6.16. The molecule has 1 N–H and O–H groups in total. The first kappa shape index (κ1) is 18.6. The summed E-state index contributed by atoms with van der Waals surface area (Å²) < 4.78 is 19.7. The van der Waals surface area contributed by atoms with Gasteiger partial charge in [-0.15, -0.1) is 0 Å². The van der Waals surface area contributed by atoms with Crippen LogP contribution in [0, 0.1) is 5.82 Å². The minimum atomic E-state index is -0.432. The first-order chi connectivity index (χ1) is 13.0. The highest BCUT2D eigenvalue weighted by atomic mass is 19.1. The Balaban J connectivity index is 1.80. The summed E-state index contributed by atoms with van der Waals surface area (Å²) in [5.74, 6) is -0.379. The molecule has 3 rings (SSSR count).